The number of rotatable bonds is 6. The van der Waals surface area contributed by atoms with Crippen LogP contribution in [0.3, 0.4) is 0 Å². The van der Waals surface area contributed by atoms with Gasteiger partial charge in [-0.3, -0.25) is 9.59 Å². The minimum Gasteiger partial charge on any atom is -0.392 e. The quantitative estimate of drug-likeness (QED) is 0.645. The summed E-state index contributed by atoms with van der Waals surface area (Å²) >= 11 is 0. The third-order valence-corrected chi connectivity index (χ3v) is 4.79. The second kappa shape index (κ2) is 8.30. The van der Waals surface area contributed by atoms with E-state index in [0.717, 1.165) is 11.1 Å². The average molecular weight is 374 g/mol. The number of hydrogen-bond acceptors (Lipinski definition) is 4. The number of carbonyl (C=O) groups excluding carboxylic acids is 2. The summed E-state index contributed by atoms with van der Waals surface area (Å²) in [6.07, 6.45) is 0. The van der Waals surface area contributed by atoms with Crippen LogP contribution in [0.2, 0.25) is 0 Å². The standard InChI is InChI=1S/C24H22O4/c1-15-3-7-17(8-4-15)23(27)21-11-20(14-26)22(12-19(21)13-25)24(28)18-9-5-16(2)6-10-18/h3-12,25-26H,13-14H2,1-2H3. The summed E-state index contributed by atoms with van der Waals surface area (Å²) < 4.78 is 0. The third-order valence-electron chi connectivity index (χ3n) is 4.79. The van der Waals surface area contributed by atoms with Gasteiger partial charge in [0, 0.05) is 22.3 Å². The van der Waals surface area contributed by atoms with Crippen molar-refractivity contribution >= 4 is 11.6 Å². The van der Waals surface area contributed by atoms with Crippen LogP contribution < -0.4 is 0 Å². The molecule has 0 aliphatic carbocycles. The molecule has 0 aliphatic heterocycles. The lowest BCUT2D eigenvalue weighted by Crippen LogP contribution is -2.12. The zero-order valence-corrected chi connectivity index (χ0v) is 15.9. The predicted molar refractivity (Wildman–Crippen MR) is 108 cm³/mol. The molecule has 0 unspecified atom stereocenters. The van der Waals surface area contributed by atoms with Crippen molar-refractivity contribution in [2.24, 2.45) is 0 Å². The van der Waals surface area contributed by atoms with Crippen LogP contribution >= 0.6 is 0 Å². The Kier molecular flexibility index (Phi) is 5.83. The summed E-state index contributed by atoms with van der Waals surface area (Å²) in [4.78, 5) is 25.8. The first-order valence-corrected chi connectivity index (χ1v) is 9.05. The fourth-order valence-electron chi connectivity index (χ4n) is 3.09. The van der Waals surface area contributed by atoms with E-state index < -0.39 is 0 Å². The molecule has 3 aromatic carbocycles. The second-order valence-electron chi connectivity index (χ2n) is 6.87. The fourth-order valence-corrected chi connectivity index (χ4v) is 3.09. The predicted octanol–water partition coefficient (Wildman–Crippen LogP) is 3.75. The molecule has 0 saturated carbocycles. The maximum atomic E-state index is 12.9. The van der Waals surface area contributed by atoms with E-state index in [1.165, 1.54) is 12.1 Å². The van der Waals surface area contributed by atoms with E-state index in [9.17, 15) is 19.8 Å². The molecule has 0 fully saturated rings. The number of aryl methyl sites for hydroxylation is 2. The van der Waals surface area contributed by atoms with E-state index in [4.69, 9.17) is 0 Å². The number of aliphatic hydroxyl groups is 2. The first-order valence-electron chi connectivity index (χ1n) is 9.05. The van der Waals surface area contributed by atoms with Gasteiger partial charge in [0.15, 0.2) is 11.6 Å². The van der Waals surface area contributed by atoms with Crippen molar-refractivity contribution < 1.29 is 19.8 Å². The largest absolute Gasteiger partial charge is 0.392 e. The minimum absolute atomic E-state index is 0.256. The Bertz CT molecular complexity index is 930. The minimum atomic E-state index is -0.382. The lowest BCUT2D eigenvalue weighted by atomic mass is 9.90. The Balaban J connectivity index is 2.07. The lowest BCUT2D eigenvalue weighted by molar-refractivity contribution is 0.102. The zero-order valence-electron chi connectivity index (χ0n) is 15.9. The highest BCUT2D eigenvalue weighted by molar-refractivity contribution is 6.13. The molecule has 3 rings (SSSR count). The summed E-state index contributed by atoms with van der Waals surface area (Å²) in [5.41, 5.74) is 4.34. The smallest absolute Gasteiger partial charge is 0.193 e. The van der Waals surface area contributed by atoms with Crippen LogP contribution in [0, 0.1) is 13.8 Å². The van der Waals surface area contributed by atoms with Gasteiger partial charge in [-0.2, -0.15) is 0 Å². The Labute approximate surface area is 164 Å². The van der Waals surface area contributed by atoms with Crippen molar-refractivity contribution in [3.63, 3.8) is 0 Å². The van der Waals surface area contributed by atoms with E-state index in [-0.39, 0.29) is 35.9 Å². The Morgan fingerprint density at radius 1 is 0.643 bits per heavy atom. The first kappa shape index (κ1) is 19.7. The zero-order chi connectivity index (χ0) is 20.3. The van der Waals surface area contributed by atoms with Gasteiger partial charge < -0.3 is 10.2 Å². The third kappa shape index (κ3) is 3.93. The monoisotopic (exact) mass is 374 g/mol. The number of ketones is 2. The maximum absolute atomic E-state index is 12.9. The van der Waals surface area contributed by atoms with Crippen LogP contribution in [-0.2, 0) is 13.2 Å². The topological polar surface area (TPSA) is 74.6 Å². The summed E-state index contributed by atoms with van der Waals surface area (Å²) in [6, 6.07) is 17.3. The van der Waals surface area contributed by atoms with Crippen molar-refractivity contribution in [1.82, 2.24) is 0 Å². The van der Waals surface area contributed by atoms with Crippen LogP contribution in [0.25, 0.3) is 0 Å². The molecule has 0 aromatic heterocycles. The molecule has 142 valence electrons. The van der Waals surface area contributed by atoms with Crippen molar-refractivity contribution in [2.45, 2.75) is 27.1 Å². The van der Waals surface area contributed by atoms with E-state index in [1.807, 2.05) is 38.1 Å². The molecule has 0 spiro atoms. The highest BCUT2D eigenvalue weighted by atomic mass is 16.3. The van der Waals surface area contributed by atoms with Crippen molar-refractivity contribution in [2.75, 3.05) is 0 Å². The summed E-state index contributed by atoms with van der Waals surface area (Å²) in [5, 5.41) is 19.6. The van der Waals surface area contributed by atoms with E-state index in [1.54, 1.807) is 24.3 Å². The molecule has 0 heterocycles. The molecule has 0 bridgehead atoms. The molecule has 0 aliphatic rings. The fraction of sp³-hybridized carbons (Fsp3) is 0.167. The van der Waals surface area contributed by atoms with Crippen molar-refractivity contribution in [3.05, 3.63) is 105 Å². The highest BCUT2D eigenvalue weighted by Gasteiger charge is 2.20. The molecule has 0 radical (unpaired) electrons. The van der Waals surface area contributed by atoms with Gasteiger partial charge in [-0.05, 0) is 37.1 Å². The van der Waals surface area contributed by atoms with Crippen molar-refractivity contribution in [1.29, 1.82) is 0 Å². The van der Waals surface area contributed by atoms with E-state index in [2.05, 4.69) is 0 Å². The molecule has 3 aromatic rings. The van der Waals surface area contributed by atoms with Crippen LogP contribution in [0.4, 0.5) is 0 Å². The van der Waals surface area contributed by atoms with Crippen molar-refractivity contribution in [3.8, 4) is 0 Å². The van der Waals surface area contributed by atoms with Gasteiger partial charge in [0.1, 0.15) is 0 Å². The molecule has 0 saturated heterocycles. The Morgan fingerprint density at radius 3 is 1.25 bits per heavy atom. The van der Waals surface area contributed by atoms with Gasteiger partial charge in [-0.25, -0.2) is 0 Å². The van der Waals surface area contributed by atoms with Crippen LogP contribution in [0.5, 0.6) is 0 Å². The van der Waals surface area contributed by atoms with Gasteiger partial charge in [0.25, 0.3) is 0 Å². The molecule has 28 heavy (non-hydrogen) atoms. The summed E-state index contributed by atoms with van der Waals surface area (Å²) in [7, 11) is 0. The van der Waals surface area contributed by atoms with Crippen LogP contribution in [0.15, 0.2) is 60.7 Å². The highest BCUT2D eigenvalue weighted by Crippen LogP contribution is 2.24. The summed E-state index contributed by atoms with van der Waals surface area (Å²) in [6.45, 7) is 3.10. The molecule has 2 N–H and O–H groups in total. The van der Waals surface area contributed by atoms with Crippen LogP contribution in [0.1, 0.15) is 54.1 Å². The number of hydrogen-bond donors (Lipinski definition) is 2. The summed E-state index contributed by atoms with van der Waals surface area (Å²) in [5.74, 6) is -0.513. The SMILES string of the molecule is Cc1ccc(C(=O)c2cc(CO)c(C(=O)c3ccc(C)cc3)cc2CO)cc1. The lowest BCUT2D eigenvalue weighted by Gasteiger charge is -2.14. The van der Waals surface area contributed by atoms with Gasteiger partial charge in [0.05, 0.1) is 13.2 Å². The normalized spacial score (nSPS) is 10.7. The van der Waals surface area contributed by atoms with Gasteiger partial charge in [0.2, 0.25) is 0 Å². The molecule has 4 nitrogen and oxygen atoms in total. The molecular formula is C24H22O4. The molecular weight excluding hydrogens is 352 g/mol. The first-order chi connectivity index (χ1) is 13.4. The van der Waals surface area contributed by atoms with Crippen LogP contribution in [-0.4, -0.2) is 21.8 Å². The molecule has 4 heteroatoms. The van der Waals surface area contributed by atoms with Gasteiger partial charge in [-0.15, -0.1) is 0 Å². The number of carbonyl (C=O) groups is 2. The number of aliphatic hydroxyl groups excluding tert-OH is 2. The van der Waals surface area contributed by atoms with E-state index in [0.29, 0.717) is 22.3 Å². The Morgan fingerprint density at radius 2 is 0.964 bits per heavy atom. The van der Waals surface area contributed by atoms with Gasteiger partial charge in [-0.1, -0.05) is 59.7 Å². The number of benzene rings is 3. The average Bonchev–Trinajstić information content (AvgIpc) is 2.72. The van der Waals surface area contributed by atoms with Gasteiger partial charge >= 0.3 is 0 Å². The Hall–Kier alpha value is -3.08. The molecule has 0 atom stereocenters. The second-order valence-corrected chi connectivity index (χ2v) is 6.87. The maximum Gasteiger partial charge on any atom is 0.193 e. The molecule has 0 amide bonds. The van der Waals surface area contributed by atoms with E-state index >= 15 is 0 Å².